The van der Waals surface area contributed by atoms with Crippen LogP contribution >= 0.6 is 0 Å². The van der Waals surface area contributed by atoms with Gasteiger partial charge < -0.3 is 11.1 Å². The number of anilines is 1. The minimum atomic E-state index is -0.00771. The summed E-state index contributed by atoms with van der Waals surface area (Å²) in [6.07, 6.45) is 4.70. The van der Waals surface area contributed by atoms with Crippen LogP contribution in [0.25, 0.3) is 0 Å². The highest BCUT2D eigenvalue weighted by atomic mass is 16.1. The average Bonchev–Trinajstić information content (AvgIpc) is 2.35. The van der Waals surface area contributed by atoms with Crippen molar-refractivity contribution in [2.75, 3.05) is 5.73 Å². The number of carbonyl (C=O) groups is 1. The Hall–Kier alpha value is -1.51. The van der Waals surface area contributed by atoms with E-state index in [9.17, 15) is 4.79 Å². The Labute approximate surface area is 115 Å². The average molecular weight is 260 g/mol. The van der Waals surface area contributed by atoms with E-state index in [0.29, 0.717) is 11.3 Å². The SMILES string of the molecule is Cc1ccc(C(=O)NC2CCCCC2(C)C)cc1N. The summed E-state index contributed by atoms with van der Waals surface area (Å²) in [6.45, 7) is 6.42. The molecule has 0 heterocycles. The Morgan fingerprint density at radius 3 is 2.74 bits per heavy atom. The summed E-state index contributed by atoms with van der Waals surface area (Å²) in [7, 11) is 0. The molecular weight excluding hydrogens is 236 g/mol. The van der Waals surface area contributed by atoms with Crippen LogP contribution in [0.4, 0.5) is 5.69 Å². The normalized spacial score (nSPS) is 21.9. The van der Waals surface area contributed by atoms with Crippen molar-refractivity contribution in [1.29, 1.82) is 0 Å². The van der Waals surface area contributed by atoms with Crippen LogP contribution in [0.15, 0.2) is 18.2 Å². The van der Waals surface area contributed by atoms with Gasteiger partial charge in [-0.05, 0) is 42.9 Å². The summed E-state index contributed by atoms with van der Waals surface area (Å²) in [5.74, 6) is -0.00771. The molecule has 1 fully saturated rings. The van der Waals surface area contributed by atoms with Crippen LogP contribution in [0.1, 0.15) is 55.5 Å². The third-order valence-corrected chi connectivity index (χ3v) is 4.35. The van der Waals surface area contributed by atoms with Crippen LogP contribution in [0.2, 0.25) is 0 Å². The maximum absolute atomic E-state index is 12.3. The fourth-order valence-corrected chi connectivity index (χ4v) is 2.78. The molecule has 0 bridgehead atoms. The maximum Gasteiger partial charge on any atom is 0.251 e. The molecule has 1 aliphatic rings. The molecule has 1 unspecified atom stereocenters. The first kappa shape index (κ1) is 13.9. The summed E-state index contributed by atoms with van der Waals surface area (Å²) in [6, 6.07) is 5.77. The van der Waals surface area contributed by atoms with Gasteiger partial charge >= 0.3 is 0 Å². The number of nitrogen functional groups attached to an aromatic ring is 1. The third-order valence-electron chi connectivity index (χ3n) is 4.35. The fraction of sp³-hybridized carbons (Fsp3) is 0.562. The zero-order chi connectivity index (χ0) is 14.0. The number of amides is 1. The van der Waals surface area contributed by atoms with Gasteiger partial charge in [0.25, 0.3) is 5.91 Å². The molecule has 1 aromatic rings. The van der Waals surface area contributed by atoms with E-state index < -0.39 is 0 Å². The van der Waals surface area contributed by atoms with Crippen molar-refractivity contribution < 1.29 is 4.79 Å². The van der Waals surface area contributed by atoms with E-state index in [4.69, 9.17) is 5.73 Å². The van der Waals surface area contributed by atoms with E-state index in [1.807, 2.05) is 19.1 Å². The number of benzene rings is 1. The van der Waals surface area contributed by atoms with Gasteiger partial charge in [0, 0.05) is 17.3 Å². The van der Waals surface area contributed by atoms with Crippen LogP contribution in [0.5, 0.6) is 0 Å². The molecule has 3 nitrogen and oxygen atoms in total. The monoisotopic (exact) mass is 260 g/mol. The predicted molar refractivity (Wildman–Crippen MR) is 79.1 cm³/mol. The van der Waals surface area contributed by atoms with E-state index in [2.05, 4.69) is 19.2 Å². The van der Waals surface area contributed by atoms with Gasteiger partial charge in [0.05, 0.1) is 0 Å². The van der Waals surface area contributed by atoms with Crippen LogP contribution < -0.4 is 11.1 Å². The standard InChI is InChI=1S/C16H24N2O/c1-11-7-8-12(10-13(11)17)15(19)18-14-6-4-5-9-16(14,2)3/h7-8,10,14H,4-6,9,17H2,1-3H3,(H,18,19). The number of aryl methyl sites for hydroxylation is 1. The molecule has 1 aliphatic carbocycles. The van der Waals surface area contributed by atoms with Crippen LogP contribution in [-0.4, -0.2) is 11.9 Å². The number of rotatable bonds is 2. The van der Waals surface area contributed by atoms with E-state index in [0.717, 1.165) is 12.0 Å². The van der Waals surface area contributed by atoms with Crippen molar-refractivity contribution in [2.24, 2.45) is 5.41 Å². The van der Waals surface area contributed by atoms with Crippen molar-refractivity contribution in [3.63, 3.8) is 0 Å². The lowest BCUT2D eigenvalue weighted by Gasteiger charge is -2.39. The first-order valence-electron chi connectivity index (χ1n) is 7.07. The van der Waals surface area contributed by atoms with Crippen molar-refractivity contribution in [3.05, 3.63) is 29.3 Å². The van der Waals surface area contributed by atoms with Crippen LogP contribution in [0, 0.1) is 12.3 Å². The second-order valence-electron chi connectivity index (χ2n) is 6.33. The highest BCUT2D eigenvalue weighted by Crippen LogP contribution is 2.35. The Morgan fingerprint density at radius 1 is 1.37 bits per heavy atom. The molecule has 1 atom stereocenters. The van der Waals surface area contributed by atoms with Gasteiger partial charge in [0.1, 0.15) is 0 Å². The molecule has 3 N–H and O–H groups in total. The summed E-state index contributed by atoms with van der Waals surface area (Å²) in [5, 5.41) is 3.18. The molecule has 0 aliphatic heterocycles. The van der Waals surface area contributed by atoms with Crippen molar-refractivity contribution in [1.82, 2.24) is 5.32 Å². The lowest BCUT2D eigenvalue weighted by atomic mass is 9.73. The van der Waals surface area contributed by atoms with Gasteiger partial charge in [0.2, 0.25) is 0 Å². The molecule has 0 saturated heterocycles. The minimum absolute atomic E-state index is 0.00771. The van der Waals surface area contributed by atoms with E-state index in [1.165, 1.54) is 19.3 Å². The Morgan fingerprint density at radius 2 is 2.11 bits per heavy atom. The molecule has 1 amide bonds. The number of nitrogens with one attached hydrogen (secondary N) is 1. The molecule has 3 heteroatoms. The van der Waals surface area contributed by atoms with E-state index in [-0.39, 0.29) is 17.4 Å². The lowest BCUT2D eigenvalue weighted by molar-refractivity contribution is 0.0853. The second-order valence-corrected chi connectivity index (χ2v) is 6.33. The largest absolute Gasteiger partial charge is 0.398 e. The Kier molecular flexibility index (Phi) is 3.83. The molecule has 0 spiro atoms. The van der Waals surface area contributed by atoms with Gasteiger partial charge in [-0.1, -0.05) is 32.8 Å². The van der Waals surface area contributed by atoms with Crippen LogP contribution in [0.3, 0.4) is 0 Å². The lowest BCUT2D eigenvalue weighted by Crippen LogP contribution is -2.46. The van der Waals surface area contributed by atoms with Gasteiger partial charge in [0.15, 0.2) is 0 Å². The zero-order valence-corrected chi connectivity index (χ0v) is 12.1. The summed E-state index contributed by atoms with van der Waals surface area (Å²) in [5.41, 5.74) is 8.39. The zero-order valence-electron chi connectivity index (χ0n) is 12.1. The summed E-state index contributed by atoms with van der Waals surface area (Å²) in [4.78, 5) is 12.3. The van der Waals surface area contributed by atoms with Gasteiger partial charge in [-0.3, -0.25) is 4.79 Å². The molecule has 2 rings (SSSR count). The van der Waals surface area contributed by atoms with Crippen LogP contribution in [-0.2, 0) is 0 Å². The topological polar surface area (TPSA) is 55.1 Å². The molecule has 1 saturated carbocycles. The second kappa shape index (κ2) is 5.24. The van der Waals surface area contributed by atoms with Crippen molar-refractivity contribution in [3.8, 4) is 0 Å². The van der Waals surface area contributed by atoms with Gasteiger partial charge in [-0.2, -0.15) is 0 Å². The highest BCUT2D eigenvalue weighted by Gasteiger charge is 2.33. The first-order chi connectivity index (χ1) is 8.90. The fourth-order valence-electron chi connectivity index (χ4n) is 2.78. The first-order valence-corrected chi connectivity index (χ1v) is 7.07. The number of carbonyl (C=O) groups excluding carboxylic acids is 1. The number of hydrogen-bond acceptors (Lipinski definition) is 2. The van der Waals surface area contributed by atoms with E-state index >= 15 is 0 Å². The Bertz CT molecular complexity index is 480. The molecule has 104 valence electrons. The van der Waals surface area contributed by atoms with Crippen molar-refractivity contribution in [2.45, 2.75) is 52.5 Å². The number of hydrogen-bond donors (Lipinski definition) is 2. The summed E-state index contributed by atoms with van der Waals surface area (Å²) < 4.78 is 0. The minimum Gasteiger partial charge on any atom is -0.398 e. The predicted octanol–water partition coefficient (Wildman–Crippen LogP) is 3.28. The van der Waals surface area contributed by atoms with E-state index in [1.54, 1.807) is 6.07 Å². The molecule has 0 aromatic heterocycles. The molecule has 19 heavy (non-hydrogen) atoms. The van der Waals surface area contributed by atoms with Gasteiger partial charge in [-0.15, -0.1) is 0 Å². The molecular formula is C16H24N2O. The maximum atomic E-state index is 12.3. The highest BCUT2D eigenvalue weighted by molar-refractivity contribution is 5.95. The smallest absolute Gasteiger partial charge is 0.251 e. The molecule has 0 radical (unpaired) electrons. The third kappa shape index (κ3) is 3.09. The molecule has 1 aromatic carbocycles. The quantitative estimate of drug-likeness (QED) is 0.802. The van der Waals surface area contributed by atoms with Gasteiger partial charge in [-0.25, -0.2) is 0 Å². The summed E-state index contributed by atoms with van der Waals surface area (Å²) >= 11 is 0. The Balaban J connectivity index is 2.10. The van der Waals surface area contributed by atoms with Crippen molar-refractivity contribution >= 4 is 11.6 Å². The number of nitrogens with two attached hydrogens (primary N) is 1.